The third-order valence-corrected chi connectivity index (χ3v) is 3.99. The van der Waals surface area contributed by atoms with Gasteiger partial charge in [0.05, 0.1) is 5.39 Å². The van der Waals surface area contributed by atoms with Crippen molar-refractivity contribution in [1.82, 2.24) is 0 Å². The Balaban J connectivity index is 1.64. The molecule has 7 nitrogen and oxygen atoms in total. The molecule has 0 aliphatic carbocycles. The lowest BCUT2D eigenvalue weighted by atomic mass is 10.1. The highest BCUT2D eigenvalue weighted by molar-refractivity contribution is 5.97. The molecule has 0 saturated carbocycles. The molecule has 142 valence electrons. The SMILES string of the molecule is CC(=O)c1ccc(NC(=O)COC(=O)c2cc(=O)c3cc(C)ccc3o2)cc1. The van der Waals surface area contributed by atoms with E-state index >= 15 is 0 Å². The molecule has 0 spiro atoms. The second-order valence-electron chi connectivity index (χ2n) is 6.23. The van der Waals surface area contributed by atoms with Crippen molar-refractivity contribution in [3.63, 3.8) is 0 Å². The summed E-state index contributed by atoms with van der Waals surface area (Å²) in [5.74, 6) is -1.84. The van der Waals surface area contributed by atoms with Gasteiger partial charge in [0, 0.05) is 17.3 Å². The van der Waals surface area contributed by atoms with Crippen LogP contribution >= 0.6 is 0 Å². The summed E-state index contributed by atoms with van der Waals surface area (Å²) in [5, 5.41) is 2.91. The number of hydrogen-bond acceptors (Lipinski definition) is 6. The number of carbonyl (C=O) groups excluding carboxylic acids is 3. The highest BCUT2D eigenvalue weighted by atomic mass is 16.5. The summed E-state index contributed by atoms with van der Waals surface area (Å²) in [6, 6.07) is 12.4. The van der Waals surface area contributed by atoms with Crippen LogP contribution in [0.4, 0.5) is 5.69 Å². The van der Waals surface area contributed by atoms with Crippen LogP contribution in [0.2, 0.25) is 0 Å². The van der Waals surface area contributed by atoms with Crippen molar-refractivity contribution < 1.29 is 23.5 Å². The zero-order valence-electron chi connectivity index (χ0n) is 15.3. The van der Waals surface area contributed by atoms with Gasteiger partial charge >= 0.3 is 5.97 Å². The van der Waals surface area contributed by atoms with Crippen LogP contribution in [0.25, 0.3) is 11.0 Å². The minimum Gasteiger partial charge on any atom is -0.450 e. The summed E-state index contributed by atoms with van der Waals surface area (Å²) >= 11 is 0. The van der Waals surface area contributed by atoms with Crippen LogP contribution in [0.3, 0.4) is 0 Å². The average molecular weight is 379 g/mol. The van der Waals surface area contributed by atoms with Gasteiger partial charge in [0.1, 0.15) is 5.58 Å². The van der Waals surface area contributed by atoms with E-state index in [9.17, 15) is 19.2 Å². The van der Waals surface area contributed by atoms with Crippen molar-refractivity contribution in [2.45, 2.75) is 13.8 Å². The van der Waals surface area contributed by atoms with Gasteiger partial charge in [0.2, 0.25) is 5.76 Å². The van der Waals surface area contributed by atoms with Crippen molar-refractivity contribution in [2.75, 3.05) is 11.9 Å². The molecule has 0 bridgehead atoms. The zero-order chi connectivity index (χ0) is 20.3. The van der Waals surface area contributed by atoms with Gasteiger partial charge in [-0.2, -0.15) is 0 Å². The molecule has 0 radical (unpaired) electrons. The molecule has 0 aliphatic rings. The van der Waals surface area contributed by atoms with Crippen LogP contribution in [0, 0.1) is 6.92 Å². The number of carbonyl (C=O) groups is 3. The van der Waals surface area contributed by atoms with E-state index in [1.165, 1.54) is 6.92 Å². The van der Waals surface area contributed by atoms with E-state index in [0.29, 0.717) is 16.6 Å². The number of amides is 1. The maximum absolute atomic E-state index is 12.1. The molecule has 1 heterocycles. The Morgan fingerprint density at radius 1 is 1.04 bits per heavy atom. The van der Waals surface area contributed by atoms with Gasteiger partial charge in [-0.15, -0.1) is 0 Å². The Labute approximate surface area is 159 Å². The van der Waals surface area contributed by atoms with Gasteiger partial charge < -0.3 is 14.5 Å². The number of esters is 1. The van der Waals surface area contributed by atoms with Crippen LogP contribution in [0.1, 0.15) is 33.4 Å². The molecule has 7 heteroatoms. The monoisotopic (exact) mass is 379 g/mol. The Bertz CT molecular complexity index is 1130. The van der Waals surface area contributed by atoms with Crippen LogP contribution in [0.15, 0.2) is 57.7 Å². The Morgan fingerprint density at radius 3 is 2.43 bits per heavy atom. The van der Waals surface area contributed by atoms with Crippen molar-refractivity contribution in [2.24, 2.45) is 0 Å². The van der Waals surface area contributed by atoms with E-state index < -0.39 is 18.5 Å². The van der Waals surface area contributed by atoms with Crippen molar-refractivity contribution >= 4 is 34.3 Å². The standard InChI is InChI=1S/C21H17NO6/c1-12-3-8-18-16(9-12)17(24)10-19(28-18)21(26)27-11-20(25)22-15-6-4-14(5-7-15)13(2)23/h3-10H,11H2,1-2H3,(H,22,25). The fraction of sp³-hybridized carbons (Fsp3) is 0.143. The first kappa shape index (κ1) is 19.0. The first-order chi connectivity index (χ1) is 13.3. The summed E-state index contributed by atoms with van der Waals surface area (Å²) in [6.45, 7) is 2.73. The highest BCUT2D eigenvalue weighted by Crippen LogP contribution is 2.15. The number of fused-ring (bicyclic) bond motifs is 1. The van der Waals surface area contributed by atoms with Crippen LogP contribution in [-0.2, 0) is 9.53 Å². The smallest absolute Gasteiger partial charge is 0.374 e. The van der Waals surface area contributed by atoms with E-state index in [1.54, 1.807) is 42.5 Å². The third kappa shape index (κ3) is 4.32. The Morgan fingerprint density at radius 2 is 1.75 bits per heavy atom. The molecule has 3 aromatic rings. The van der Waals surface area contributed by atoms with Gasteiger partial charge in [-0.05, 0) is 50.2 Å². The van der Waals surface area contributed by atoms with Gasteiger partial charge in [-0.1, -0.05) is 11.6 Å². The van der Waals surface area contributed by atoms with Crippen molar-refractivity contribution in [3.05, 3.63) is 75.6 Å². The van der Waals surface area contributed by atoms with Gasteiger partial charge in [0.25, 0.3) is 5.91 Å². The molecule has 0 saturated heterocycles. The molecular formula is C21H17NO6. The topological polar surface area (TPSA) is 103 Å². The first-order valence-corrected chi connectivity index (χ1v) is 8.46. The maximum Gasteiger partial charge on any atom is 0.374 e. The molecule has 0 atom stereocenters. The number of nitrogens with one attached hydrogen (secondary N) is 1. The summed E-state index contributed by atoms with van der Waals surface area (Å²) < 4.78 is 10.3. The quantitative estimate of drug-likeness (QED) is 0.540. The second-order valence-corrected chi connectivity index (χ2v) is 6.23. The average Bonchev–Trinajstić information content (AvgIpc) is 2.67. The van der Waals surface area contributed by atoms with E-state index in [0.717, 1.165) is 11.6 Å². The molecule has 1 aromatic heterocycles. The Kier molecular flexibility index (Phi) is 5.35. The molecule has 0 fully saturated rings. The van der Waals surface area contributed by atoms with Gasteiger partial charge in [0.15, 0.2) is 17.8 Å². The third-order valence-electron chi connectivity index (χ3n) is 3.99. The summed E-state index contributed by atoms with van der Waals surface area (Å²) in [4.78, 5) is 47.4. The van der Waals surface area contributed by atoms with Crippen LogP contribution in [-0.4, -0.2) is 24.3 Å². The van der Waals surface area contributed by atoms with Gasteiger partial charge in [-0.25, -0.2) is 4.79 Å². The molecule has 0 unspecified atom stereocenters. The van der Waals surface area contributed by atoms with E-state index in [4.69, 9.17) is 9.15 Å². The van der Waals surface area contributed by atoms with E-state index in [1.807, 2.05) is 6.92 Å². The predicted octanol–water partition coefficient (Wildman–Crippen LogP) is 3.10. The van der Waals surface area contributed by atoms with E-state index in [-0.39, 0.29) is 22.6 Å². The summed E-state index contributed by atoms with van der Waals surface area (Å²) in [6.07, 6.45) is 0. The summed E-state index contributed by atoms with van der Waals surface area (Å²) in [7, 11) is 0. The second kappa shape index (κ2) is 7.87. The molecule has 2 aromatic carbocycles. The number of aryl methyl sites for hydroxylation is 1. The first-order valence-electron chi connectivity index (χ1n) is 8.46. The van der Waals surface area contributed by atoms with Crippen LogP contribution in [0.5, 0.6) is 0 Å². The minimum atomic E-state index is -0.915. The lowest BCUT2D eigenvalue weighted by Crippen LogP contribution is -2.21. The number of ketones is 1. The van der Waals surface area contributed by atoms with E-state index in [2.05, 4.69) is 5.32 Å². The number of hydrogen-bond donors (Lipinski definition) is 1. The summed E-state index contributed by atoms with van der Waals surface area (Å²) in [5.41, 5.74) is 1.76. The lowest BCUT2D eigenvalue weighted by Gasteiger charge is -2.07. The molecule has 0 aliphatic heterocycles. The molecule has 1 N–H and O–H groups in total. The lowest BCUT2D eigenvalue weighted by molar-refractivity contribution is -0.119. The predicted molar refractivity (Wildman–Crippen MR) is 103 cm³/mol. The normalized spacial score (nSPS) is 10.5. The maximum atomic E-state index is 12.1. The number of rotatable bonds is 5. The van der Waals surface area contributed by atoms with Gasteiger partial charge in [-0.3, -0.25) is 14.4 Å². The number of Topliss-reactive ketones (excluding diaryl/α,β-unsaturated/α-hetero) is 1. The minimum absolute atomic E-state index is 0.0844. The van der Waals surface area contributed by atoms with Crippen molar-refractivity contribution in [3.8, 4) is 0 Å². The number of anilines is 1. The van der Waals surface area contributed by atoms with Crippen molar-refractivity contribution in [1.29, 1.82) is 0 Å². The largest absolute Gasteiger partial charge is 0.450 e. The molecule has 3 rings (SSSR count). The number of benzene rings is 2. The fourth-order valence-electron chi connectivity index (χ4n) is 2.56. The Hall–Kier alpha value is -3.74. The molecule has 28 heavy (non-hydrogen) atoms. The van der Waals surface area contributed by atoms with Crippen LogP contribution < -0.4 is 10.7 Å². The fourth-order valence-corrected chi connectivity index (χ4v) is 2.56. The molecular weight excluding hydrogens is 362 g/mol. The number of ether oxygens (including phenoxy) is 1. The zero-order valence-corrected chi connectivity index (χ0v) is 15.3. The molecule has 1 amide bonds. The highest BCUT2D eigenvalue weighted by Gasteiger charge is 2.16.